The minimum absolute atomic E-state index is 0.195. The Morgan fingerprint density at radius 1 is 1.07 bits per heavy atom. The van der Waals surface area contributed by atoms with Crippen molar-refractivity contribution in [3.8, 4) is 0 Å². The summed E-state index contributed by atoms with van der Waals surface area (Å²) < 4.78 is 1.10. The van der Waals surface area contributed by atoms with E-state index in [1.165, 1.54) is 16.3 Å². The average Bonchev–Trinajstić information content (AvgIpc) is 2.19. The van der Waals surface area contributed by atoms with E-state index in [-0.39, 0.29) is 6.61 Å². The maximum absolute atomic E-state index is 8.95. The van der Waals surface area contributed by atoms with Crippen LogP contribution in [0, 0.1) is 0 Å². The molecule has 0 atom stereocenters. The molecular weight excluding hydrogens is 240 g/mol. The van der Waals surface area contributed by atoms with Gasteiger partial charge in [0.1, 0.15) is 0 Å². The van der Waals surface area contributed by atoms with Gasteiger partial charge in [-0.3, -0.25) is 0 Å². The fourth-order valence-corrected chi connectivity index (χ4v) is 2.33. The largest absolute Gasteiger partial charge is 0.396 e. The van der Waals surface area contributed by atoms with Crippen LogP contribution < -0.4 is 0 Å². The van der Waals surface area contributed by atoms with Gasteiger partial charge < -0.3 is 5.11 Å². The number of rotatable bonds is 2. The van der Waals surface area contributed by atoms with Gasteiger partial charge in [0.05, 0.1) is 0 Å². The van der Waals surface area contributed by atoms with Crippen LogP contribution in [0.2, 0.25) is 0 Å². The molecule has 2 aromatic rings. The van der Waals surface area contributed by atoms with Crippen LogP contribution in [0.3, 0.4) is 0 Å². The monoisotopic (exact) mass is 250 g/mol. The number of hydrogen-bond acceptors (Lipinski definition) is 1. The molecule has 1 nitrogen and oxygen atoms in total. The number of hydrogen-bond donors (Lipinski definition) is 1. The van der Waals surface area contributed by atoms with E-state index in [9.17, 15) is 0 Å². The van der Waals surface area contributed by atoms with Crippen molar-refractivity contribution in [2.24, 2.45) is 0 Å². The van der Waals surface area contributed by atoms with Crippen molar-refractivity contribution < 1.29 is 5.11 Å². The summed E-state index contributed by atoms with van der Waals surface area (Å²) in [5.74, 6) is 0. The zero-order chi connectivity index (χ0) is 9.97. The lowest BCUT2D eigenvalue weighted by Gasteiger charge is -2.06. The molecule has 0 radical (unpaired) electrons. The number of aliphatic hydroxyl groups excluding tert-OH is 1. The van der Waals surface area contributed by atoms with Crippen molar-refractivity contribution in [2.45, 2.75) is 6.42 Å². The molecule has 2 aromatic carbocycles. The van der Waals surface area contributed by atoms with E-state index < -0.39 is 0 Å². The first-order valence-corrected chi connectivity index (χ1v) is 5.39. The highest BCUT2D eigenvalue weighted by Gasteiger charge is 2.03. The second kappa shape index (κ2) is 4.11. The third-order valence-electron chi connectivity index (χ3n) is 2.32. The van der Waals surface area contributed by atoms with Crippen LogP contribution in [0.1, 0.15) is 5.56 Å². The summed E-state index contributed by atoms with van der Waals surface area (Å²) in [7, 11) is 0. The first-order valence-electron chi connectivity index (χ1n) is 4.60. The van der Waals surface area contributed by atoms with Crippen molar-refractivity contribution in [1.82, 2.24) is 0 Å². The Kier molecular flexibility index (Phi) is 2.85. The van der Waals surface area contributed by atoms with Gasteiger partial charge in [-0.1, -0.05) is 46.3 Å². The standard InChI is InChI=1S/C12H11BrO/c13-11-6-2-5-9-3-1-4-10(7-8-14)12(9)11/h1-6,14H,7-8H2. The van der Waals surface area contributed by atoms with Crippen molar-refractivity contribution in [3.05, 3.63) is 46.4 Å². The molecule has 2 rings (SSSR count). The van der Waals surface area contributed by atoms with Gasteiger partial charge in [0, 0.05) is 11.1 Å². The molecule has 0 saturated heterocycles. The molecule has 0 saturated carbocycles. The Hall–Kier alpha value is -0.860. The maximum Gasteiger partial charge on any atom is 0.0471 e. The molecule has 0 spiro atoms. The van der Waals surface area contributed by atoms with E-state index in [2.05, 4.69) is 34.1 Å². The van der Waals surface area contributed by atoms with E-state index in [0.29, 0.717) is 6.42 Å². The number of fused-ring (bicyclic) bond motifs is 1. The average molecular weight is 251 g/mol. The van der Waals surface area contributed by atoms with Crippen molar-refractivity contribution in [2.75, 3.05) is 6.61 Å². The SMILES string of the molecule is OCCc1cccc2cccc(Br)c12. The summed E-state index contributed by atoms with van der Waals surface area (Å²) >= 11 is 3.54. The quantitative estimate of drug-likeness (QED) is 0.869. The van der Waals surface area contributed by atoms with E-state index in [4.69, 9.17) is 5.11 Å². The van der Waals surface area contributed by atoms with Crippen LogP contribution in [0.15, 0.2) is 40.9 Å². The molecule has 0 aliphatic rings. The van der Waals surface area contributed by atoms with E-state index in [0.717, 1.165) is 4.47 Å². The molecule has 72 valence electrons. The second-order valence-corrected chi connectivity index (χ2v) is 4.08. The Morgan fingerprint density at radius 2 is 1.79 bits per heavy atom. The van der Waals surface area contributed by atoms with Crippen LogP contribution in [-0.4, -0.2) is 11.7 Å². The van der Waals surface area contributed by atoms with E-state index >= 15 is 0 Å². The third-order valence-corrected chi connectivity index (χ3v) is 2.98. The second-order valence-electron chi connectivity index (χ2n) is 3.23. The van der Waals surface area contributed by atoms with Gasteiger partial charge >= 0.3 is 0 Å². The van der Waals surface area contributed by atoms with Gasteiger partial charge in [0.15, 0.2) is 0 Å². The zero-order valence-corrected chi connectivity index (χ0v) is 9.29. The molecule has 0 aliphatic carbocycles. The predicted molar refractivity (Wildman–Crippen MR) is 62.4 cm³/mol. The smallest absolute Gasteiger partial charge is 0.0471 e. The van der Waals surface area contributed by atoms with Crippen molar-refractivity contribution in [3.63, 3.8) is 0 Å². The summed E-state index contributed by atoms with van der Waals surface area (Å²) in [5, 5.41) is 11.4. The number of benzene rings is 2. The lowest BCUT2D eigenvalue weighted by molar-refractivity contribution is 0.300. The highest BCUT2D eigenvalue weighted by atomic mass is 79.9. The normalized spacial score (nSPS) is 10.7. The van der Waals surface area contributed by atoms with Gasteiger partial charge in [-0.05, 0) is 28.8 Å². The topological polar surface area (TPSA) is 20.2 Å². The summed E-state index contributed by atoms with van der Waals surface area (Å²) in [6.07, 6.45) is 0.708. The predicted octanol–water partition coefficient (Wildman–Crippen LogP) is 3.14. The molecule has 1 N–H and O–H groups in total. The highest BCUT2D eigenvalue weighted by molar-refractivity contribution is 9.10. The minimum atomic E-state index is 0.195. The van der Waals surface area contributed by atoms with E-state index in [1.807, 2.05) is 18.2 Å². The Bertz CT molecular complexity index is 446. The number of halogens is 1. The molecule has 0 aliphatic heterocycles. The molecule has 0 aromatic heterocycles. The van der Waals surface area contributed by atoms with Gasteiger partial charge in [-0.2, -0.15) is 0 Å². The lowest BCUT2D eigenvalue weighted by atomic mass is 10.0. The lowest BCUT2D eigenvalue weighted by Crippen LogP contribution is -1.92. The van der Waals surface area contributed by atoms with E-state index in [1.54, 1.807) is 0 Å². The van der Waals surface area contributed by atoms with Crippen LogP contribution >= 0.6 is 15.9 Å². The Balaban J connectivity index is 2.71. The summed E-state index contributed by atoms with van der Waals surface area (Å²) in [6, 6.07) is 12.3. The fraction of sp³-hybridized carbons (Fsp3) is 0.167. The molecule has 0 fully saturated rings. The van der Waals surface area contributed by atoms with Gasteiger partial charge in [-0.15, -0.1) is 0 Å². The molecule has 0 bridgehead atoms. The van der Waals surface area contributed by atoms with Crippen molar-refractivity contribution >= 4 is 26.7 Å². The summed E-state index contributed by atoms with van der Waals surface area (Å²) in [5.41, 5.74) is 1.19. The fourth-order valence-electron chi connectivity index (χ4n) is 1.70. The van der Waals surface area contributed by atoms with Gasteiger partial charge in [0.2, 0.25) is 0 Å². The Morgan fingerprint density at radius 3 is 2.50 bits per heavy atom. The van der Waals surface area contributed by atoms with Crippen LogP contribution in [0.25, 0.3) is 10.8 Å². The van der Waals surface area contributed by atoms with Crippen molar-refractivity contribution in [1.29, 1.82) is 0 Å². The Labute approximate surface area is 91.5 Å². The molecule has 0 unspecified atom stereocenters. The molecular formula is C12H11BrO. The molecule has 0 heterocycles. The first-order chi connectivity index (χ1) is 6.83. The summed E-state index contributed by atoms with van der Waals surface area (Å²) in [6.45, 7) is 0.195. The molecule has 0 amide bonds. The van der Waals surface area contributed by atoms with Gasteiger partial charge in [-0.25, -0.2) is 0 Å². The highest BCUT2D eigenvalue weighted by Crippen LogP contribution is 2.27. The van der Waals surface area contributed by atoms with Crippen LogP contribution in [-0.2, 0) is 6.42 Å². The molecule has 2 heteroatoms. The number of aliphatic hydroxyl groups is 1. The maximum atomic E-state index is 8.95. The van der Waals surface area contributed by atoms with Crippen LogP contribution in [0.4, 0.5) is 0 Å². The molecule has 14 heavy (non-hydrogen) atoms. The van der Waals surface area contributed by atoms with Gasteiger partial charge in [0.25, 0.3) is 0 Å². The first kappa shape index (κ1) is 9.69. The zero-order valence-electron chi connectivity index (χ0n) is 7.70. The minimum Gasteiger partial charge on any atom is -0.396 e. The summed E-state index contributed by atoms with van der Waals surface area (Å²) in [4.78, 5) is 0. The van der Waals surface area contributed by atoms with Crippen LogP contribution in [0.5, 0.6) is 0 Å². The third kappa shape index (κ3) is 1.68.